The van der Waals surface area contributed by atoms with Crippen molar-refractivity contribution in [3.63, 3.8) is 0 Å². The van der Waals surface area contributed by atoms with Gasteiger partial charge in [0, 0.05) is 6.04 Å². The second-order valence-corrected chi connectivity index (χ2v) is 5.54. The molecule has 100 valence electrons. The highest BCUT2D eigenvalue weighted by Crippen LogP contribution is 2.36. The average molecular weight is 280 g/mol. The summed E-state index contributed by atoms with van der Waals surface area (Å²) in [6, 6.07) is 3.82. The molecule has 4 nitrogen and oxygen atoms in total. The van der Waals surface area contributed by atoms with E-state index in [1.165, 1.54) is 12.1 Å². The van der Waals surface area contributed by atoms with Gasteiger partial charge in [-0.25, -0.2) is 5.14 Å². The first kappa shape index (κ1) is 13.2. The van der Waals surface area contributed by atoms with E-state index in [-0.39, 0.29) is 11.7 Å². The van der Waals surface area contributed by atoms with Crippen LogP contribution in [0.2, 0.25) is 0 Å². The van der Waals surface area contributed by atoms with Crippen LogP contribution in [0.15, 0.2) is 24.3 Å². The van der Waals surface area contributed by atoms with Crippen LogP contribution in [0.1, 0.15) is 18.4 Å². The molecule has 0 unspecified atom stereocenters. The fraction of sp³-hybridized carbons (Fsp3) is 0.400. The van der Waals surface area contributed by atoms with Gasteiger partial charge in [-0.3, -0.25) is 4.31 Å². The molecule has 1 aliphatic rings. The first-order valence-corrected chi connectivity index (χ1v) is 6.69. The van der Waals surface area contributed by atoms with E-state index in [9.17, 15) is 21.6 Å². The zero-order valence-corrected chi connectivity index (χ0v) is 10.0. The molecule has 0 atom stereocenters. The minimum Gasteiger partial charge on any atom is -0.255 e. The Bertz CT molecular complexity index is 552. The van der Waals surface area contributed by atoms with Crippen LogP contribution in [0.25, 0.3) is 0 Å². The number of nitrogens with two attached hydrogens (primary N) is 1. The Morgan fingerprint density at radius 3 is 2.33 bits per heavy atom. The Kier molecular flexibility index (Phi) is 3.02. The summed E-state index contributed by atoms with van der Waals surface area (Å²) in [7, 11) is -4.05. The highest BCUT2D eigenvalue weighted by molar-refractivity contribution is 7.90. The number of hydrogen-bond donors (Lipinski definition) is 1. The topological polar surface area (TPSA) is 63.4 Å². The Labute approximate surface area is 102 Å². The van der Waals surface area contributed by atoms with Gasteiger partial charge < -0.3 is 0 Å². The fourth-order valence-corrected chi connectivity index (χ4v) is 2.73. The van der Waals surface area contributed by atoms with Crippen LogP contribution in [-0.4, -0.2) is 14.5 Å². The van der Waals surface area contributed by atoms with Crippen LogP contribution in [-0.2, 0) is 16.4 Å². The molecule has 2 N–H and O–H groups in total. The summed E-state index contributed by atoms with van der Waals surface area (Å²) >= 11 is 0. The summed E-state index contributed by atoms with van der Waals surface area (Å²) in [5.41, 5.74) is -0.941. The maximum atomic E-state index is 12.5. The number of alkyl halides is 3. The predicted octanol–water partition coefficient (Wildman–Crippen LogP) is 1.88. The lowest BCUT2D eigenvalue weighted by Crippen LogP contribution is -2.38. The van der Waals surface area contributed by atoms with Crippen molar-refractivity contribution in [1.29, 1.82) is 0 Å². The third kappa shape index (κ3) is 2.75. The Morgan fingerprint density at radius 1 is 1.28 bits per heavy atom. The molecule has 1 aromatic carbocycles. The van der Waals surface area contributed by atoms with Crippen molar-refractivity contribution in [1.82, 2.24) is 0 Å². The smallest absolute Gasteiger partial charge is 0.255 e. The van der Waals surface area contributed by atoms with Crippen LogP contribution in [0.3, 0.4) is 0 Å². The number of nitrogens with zero attached hydrogens (tertiary/aromatic N) is 1. The van der Waals surface area contributed by atoms with E-state index in [1.54, 1.807) is 0 Å². The molecular weight excluding hydrogens is 269 g/mol. The first-order valence-electron chi connectivity index (χ1n) is 5.19. The minimum atomic E-state index is -4.51. The number of halogens is 3. The molecule has 1 fully saturated rings. The molecule has 1 aliphatic carbocycles. The van der Waals surface area contributed by atoms with E-state index in [4.69, 9.17) is 5.14 Å². The van der Waals surface area contributed by atoms with Crippen LogP contribution in [0.5, 0.6) is 0 Å². The van der Waals surface area contributed by atoms with E-state index < -0.39 is 21.9 Å². The maximum absolute atomic E-state index is 12.5. The molecule has 0 aromatic heterocycles. The van der Waals surface area contributed by atoms with Crippen molar-refractivity contribution in [3.8, 4) is 0 Å². The van der Waals surface area contributed by atoms with Gasteiger partial charge in [-0.05, 0) is 31.0 Å². The van der Waals surface area contributed by atoms with Gasteiger partial charge in [-0.1, -0.05) is 6.07 Å². The number of benzene rings is 1. The van der Waals surface area contributed by atoms with Gasteiger partial charge in [0.05, 0.1) is 11.3 Å². The highest BCUT2D eigenvalue weighted by Gasteiger charge is 2.37. The lowest BCUT2D eigenvalue weighted by atomic mass is 10.2. The molecule has 0 bridgehead atoms. The van der Waals surface area contributed by atoms with Crippen molar-refractivity contribution in [2.24, 2.45) is 5.14 Å². The quantitative estimate of drug-likeness (QED) is 0.918. The van der Waals surface area contributed by atoms with E-state index in [1.807, 2.05) is 0 Å². The molecule has 0 amide bonds. The second kappa shape index (κ2) is 4.13. The van der Waals surface area contributed by atoms with Crippen molar-refractivity contribution in [2.75, 3.05) is 4.31 Å². The van der Waals surface area contributed by atoms with Gasteiger partial charge in [0.1, 0.15) is 0 Å². The molecule has 18 heavy (non-hydrogen) atoms. The van der Waals surface area contributed by atoms with Crippen molar-refractivity contribution >= 4 is 15.9 Å². The summed E-state index contributed by atoms with van der Waals surface area (Å²) in [5.74, 6) is 0. The number of anilines is 1. The zero-order valence-electron chi connectivity index (χ0n) is 9.18. The molecule has 0 radical (unpaired) electrons. The summed E-state index contributed by atoms with van der Waals surface area (Å²) in [5, 5.41) is 5.03. The maximum Gasteiger partial charge on any atom is 0.416 e. The number of hydrogen-bond acceptors (Lipinski definition) is 2. The standard InChI is InChI=1S/C10H11F3N2O2S/c11-10(12,13)7-2-1-3-9(6-7)15(8-4-5-8)18(14,16)17/h1-3,6,8H,4-5H2,(H2,14,16,17). The number of rotatable bonds is 3. The van der Waals surface area contributed by atoms with Gasteiger partial charge >= 0.3 is 6.18 Å². The third-order valence-electron chi connectivity index (χ3n) is 2.58. The molecule has 8 heteroatoms. The van der Waals surface area contributed by atoms with Gasteiger partial charge in [0.25, 0.3) is 10.2 Å². The second-order valence-electron chi connectivity index (χ2n) is 4.12. The van der Waals surface area contributed by atoms with Gasteiger partial charge in [0.15, 0.2) is 0 Å². The van der Waals surface area contributed by atoms with Crippen LogP contribution in [0.4, 0.5) is 18.9 Å². The predicted molar refractivity (Wildman–Crippen MR) is 60.1 cm³/mol. The largest absolute Gasteiger partial charge is 0.416 e. The molecule has 0 spiro atoms. The summed E-state index contributed by atoms with van der Waals surface area (Å²) in [6.07, 6.45) is -3.30. The summed E-state index contributed by atoms with van der Waals surface area (Å²) < 4.78 is 61.3. The Hall–Kier alpha value is -1.28. The van der Waals surface area contributed by atoms with Crippen molar-refractivity contribution in [2.45, 2.75) is 25.1 Å². The van der Waals surface area contributed by atoms with Gasteiger partial charge in [-0.15, -0.1) is 0 Å². The fourth-order valence-electron chi connectivity index (χ4n) is 1.69. The minimum absolute atomic E-state index is 0.0465. The van der Waals surface area contributed by atoms with E-state index in [0.717, 1.165) is 16.4 Å². The molecule has 1 aromatic rings. The van der Waals surface area contributed by atoms with E-state index >= 15 is 0 Å². The lowest BCUT2D eigenvalue weighted by molar-refractivity contribution is -0.137. The molecule has 0 saturated heterocycles. The molecular formula is C10H11F3N2O2S. The van der Waals surface area contributed by atoms with Gasteiger partial charge in [-0.2, -0.15) is 21.6 Å². The van der Waals surface area contributed by atoms with E-state index in [0.29, 0.717) is 12.8 Å². The van der Waals surface area contributed by atoms with Gasteiger partial charge in [0.2, 0.25) is 0 Å². The average Bonchev–Trinajstić information content (AvgIpc) is 2.99. The highest BCUT2D eigenvalue weighted by atomic mass is 32.2. The first-order chi connectivity index (χ1) is 8.19. The Morgan fingerprint density at radius 2 is 1.89 bits per heavy atom. The van der Waals surface area contributed by atoms with Crippen molar-refractivity contribution < 1.29 is 21.6 Å². The normalized spacial score (nSPS) is 16.7. The molecule has 0 heterocycles. The zero-order chi connectivity index (χ0) is 13.6. The van der Waals surface area contributed by atoms with E-state index in [2.05, 4.69) is 0 Å². The lowest BCUT2D eigenvalue weighted by Gasteiger charge is -2.22. The van der Waals surface area contributed by atoms with Crippen LogP contribution < -0.4 is 9.44 Å². The van der Waals surface area contributed by atoms with Crippen LogP contribution >= 0.6 is 0 Å². The molecule has 0 aliphatic heterocycles. The van der Waals surface area contributed by atoms with Crippen LogP contribution in [0, 0.1) is 0 Å². The SMILES string of the molecule is NS(=O)(=O)N(c1cccc(C(F)(F)F)c1)C1CC1. The third-order valence-corrected chi connectivity index (χ3v) is 3.64. The Balaban J connectivity index is 2.43. The summed E-state index contributed by atoms with van der Waals surface area (Å²) in [6.45, 7) is 0. The summed E-state index contributed by atoms with van der Waals surface area (Å²) in [4.78, 5) is 0. The van der Waals surface area contributed by atoms with Crippen molar-refractivity contribution in [3.05, 3.63) is 29.8 Å². The molecule has 1 saturated carbocycles. The monoisotopic (exact) mass is 280 g/mol. The molecule has 2 rings (SSSR count).